The Morgan fingerprint density at radius 2 is 2.18 bits per heavy atom. The number of aromatic nitrogens is 1. The van der Waals surface area contributed by atoms with E-state index in [2.05, 4.69) is 64.4 Å². The lowest BCUT2D eigenvalue weighted by atomic mass is 9.64. The minimum absolute atomic E-state index is 0.0320. The predicted octanol–water partition coefficient (Wildman–Crippen LogP) is 5.01. The van der Waals surface area contributed by atoms with Gasteiger partial charge in [-0.2, -0.15) is 0 Å². The Balaban J connectivity index is 1.60. The van der Waals surface area contributed by atoms with Gasteiger partial charge in [0.05, 0.1) is 18.8 Å². The van der Waals surface area contributed by atoms with Crippen molar-refractivity contribution in [2.45, 2.75) is 37.8 Å². The number of nitrogens with one attached hydrogen (secondary N) is 1. The summed E-state index contributed by atoms with van der Waals surface area (Å²) in [6.07, 6.45) is 6.21. The third-order valence-electron chi connectivity index (χ3n) is 6.38. The zero-order valence-corrected chi connectivity index (χ0v) is 17.7. The first kappa shape index (κ1) is 18.0. The van der Waals surface area contributed by atoms with E-state index in [0.29, 0.717) is 12.5 Å². The van der Waals surface area contributed by atoms with Gasteiger partial charge >= 0.3 is 0 Å². The van der Waals surface area contributed by atoms with Crippen LogP contribution in [0.5, 0.6) is 0 Å². The third-order valence-corrected chi connectivity index (χ3v) is 6.93. The first-order chi connectivity index (χ1) is 13.5. The van der Waals surface area contributed by atoms with Crippen LogP contribution in [0.25, 0.3) is 11.3 Å². The number of anilines is 1. The molecule has 3 heterocycles. The van der Waals surface area contributed by atoms with Crippen molar-refractivity contribution in [2.24, 2.45) is 5.92 Å². The number of oxazole rings is 1. The van der Waals surface area contributed by atoms with Crippen LogP contribution in [-0.2, 0) is 14.9 Å². The highest BCUT2D eigenvalue weighted by Crippen LogP contribution is 2.50. The molecule has 1 aliphatic carbocycles. The van der Waals surface area contributed by atoms with Crippen LogP contribution in [0, 0.1) is 5.92 Å². The molecule has 5 rings (SSSR count). The molecule has 1 aromatic heterocycles. The fourth-order valence-corrected chi connectivity index (χ4v) is 5.28. The van der Waals surface area contributed by atoms with E-state index in [9.17, 15) is 0 Å². The quantitative estimate of drug-likeness (QED) is 0.707. The first-order valence-corrected chi connectivity index (χ1v) is 10.3. The van der Waals surface area contributed by atoms with E-state index in [-0.39, 0.29) is 17.6 Å². The molecule has 3 aliphatic rings. The highest BCUT2D eigenvalue weighted by molar-refractivity contribution is 9.11. The highest BCUT2D eigenvalue weighted by atomic mass is 79.9. The number of halogens is 1. The van der Waals surface area contributed by atoms with Crippen molar-refractivity contribution < 1.29 is 13.9 Å². The van der Waals surface area contributed by atoms with Crippen molar-refractivity contribution in [1.82, 2.24) is 4.98 Å². The maximum absolute atomic E-state index is 6.28. The summed E-state index contributed by atoms with van der Waals surface area (Å²) >= 11 is 3.69. The lowest BCUT2D eigenvalue weighted by Crippen LogP contribution is -2.52. The van der Waals surface area contributed by atoms with Crippen LogP contribution >= 0.6 is 15.9 Å². The topological polar surface area (TPSA) is 56.5 Å². The number of hydrogen-bond donors (Lipinski definition) is 1. The first-order valence-electron chi connectivity index (χ1n) is 9.54. The standard InChI is InChI=1S/C22H23BrN2O3/c1-22(2)15-6-12(19-9-24-11-28-19)4-5-17(15)25-20-14-7-13(23)8-18(26-3)21(14)27-10-16(20)22/h4-7,9,11,16,18,20,25H,8,10H2,1-3H3/t16-,18?,20+/m0/s1. The second-order valence-electron chi connectivity index (χ2n) is 8.23. The van der Waals surface area contributed by atoms with Gasteiger partial charge in [-0.15, -0.1) is 0 Å². The van der Waals surface area contributed by atoms with Crippen molar-refractivity contribution in [2.75, 3.05) is 19.0 Å². The highest BCUT2D eigenvalue weighted by Gasteiger charge is 2.48. The van der Waals surface area contributed by atoms with Crippen molar-refractivity contribution in [3.05, 3.63) is 58.2 Å². The van der Waals surface area contributed by atoms with Gasteiger partial charge in [0.15, 0.2) is 12.2 Å². The molecule has 1 unspecified atom stereocenters. The minimum Gasteiger partial charge on any atom is -0.494 e. The molecule has 1 N–H and O–H groups in total. The number of methoxy groups -OCH3 is 1. The predicted molar refractivity (Wildman–Crippen MR) is 111 cm³/mol. The normalized spacial score (nSPS) is 27.7. The molecule has 0 amide bonds. The molecule has 28 heavy (non-hydrogen) atoms. The molecular formula is C22H23BrN2O3. The number of benzene rings is 1. The van der Waals surface area contributed by atoms with Gasteiger partial charge in [-0.05, 0) is 34.3 Å². The fraction of sp³-hybridized carbons (Fsp3) is 0.409. The van der Waals surface area contributed by atoms with Crippen LogP contribution in [0.2, 0.25) is 0 Å². The van der Waals surface area contributed by atoms with Gasteiger partial charge in [-0.25, -0.2) is 4.98 Å². The second-order valence-corrected chi connectivity index (χ2v) is 9.25. The summed E-state index contributed by atoms with van der Waals surface area (Å²) in [5.41, 5.74) is 4.60. The molecule has 0 saturated carbocycles. The molecule has 0 saturated heterocycles. The summed E-state index contributed by atoms with van der Waals surface area (Å²) in [5, 5.41) is 3.79. The Morgan fingerprint density at radius 1 is 1.32 bits per heavy atom. The van der Waals surface area contributed by atoms with Gasteiger partial charge in [0, 0.05) is 41.7 Å². The number of rotatable bonds is 2. The van der Waals surface area contributed by atoms with Gasteiger partial charge in [0.2, 0.25) is 0 Å². The SMILES string of the molecule is COC1CC(Br)=CC2=C1OC[C@H]1[C@@H]2Nc2ccc(-c3cnco3)cc2C1(C)C. The van der Waals surface area contributed by atoms with E-state index < -0.39 is 0 Å². The molecule has 6 heteroatoms. The Bertz CT molecular complexity index is 978. The summed E-state index contributed by atoms with van der Waals surface area (Å²) < 4.78 is 18.6. The van der Waals surface area contributed by atoms with Gasteiger partial charge in [0.1, 0.15) is 11.9 Å². The third kappa shape index (κ3) is 2.65. The van der Waals surface area contributed by atoms with Crippen molar-refractivity contribution in [3.8, 4) is 11.3 Å². The monoisotopic (exact) mass is 442 g/mol. The van der Waals surface area contributed by atoms with Crippen LogP contribution < -0.4 is 5.32 Å². The zero-order valence-electron chi connectivity index (χ0n) is 16.2. The van der Waals surface area contributed by atoms with Crippen molar-refractivity contribution >= 4 is 21.6 Å². The van der Waals surface area contributed by atoms with Gasteiger partial charge in [-0.3, -0.25) is 0 Å². The molecule has 2 aromatic rings. The van der Waals surface area contributed by atoms with E-state index in [1.54, 1.807) is 13.3 Å². The number of hydrogen-bond acceptors (Lipinski definition) is 5. The molecule has 2 aliphatic heterocycles. The van der Waals surface area contributed by atoms with Crippen LogP contribution in [0.3, 0.4) is 0 Å². The number of nitrogens with zero attached hydrogens (tertiary/aromatic N) is 1. The summed E-state index contributed by atoms with van der Waals surface area (Å²) in [7, 11) is 1.74. The molecule has 146 valence electrons. The molecule has 0 radical (unpaired) electrons. The lowest BCUT2D eigenvalue weighted by Gasteiger charge is -2.50. The molecule has 5 nitrogen and oxygen atoms in total. The Hall–Kier alpha value is -2.05. The van der Waals surface area contributed by atoms with E-state index >= 15 is 0 Å². The van der Waals surface area contributed by atoms with Crippen molar-refractivity contribution in [1.29, 1.82) is 0 Å². The van der Waals surface area contributed by atoms with Gasteiger partial charge in [0.25, 0.3) is 0 Å². The van der Waals surface area contributed by atoms with Gasteiger partial charge in [-0.1, -0.05) is 29.8 Å². The molecule has 0 spiro atoms. The summed E-state index contributed by atoms with van der Waals surface area (Å²) in [4.78, 5) is 4.05. The zero-order chi connectivity index (χ0) is 19.5. The largest absolute Gasteiger partial charge is 0.494 e. The smallest absolute Gasteiger partial charge is 0.181 e. The van der Waals surface area contributed by atoms with Crippen LogP contribution in [-0.4, -0.2) is 30.8 Å². The summed E-state index contributed by atoms with van der Waals surface area (Å²) in [5.74, 6) is 2.06. The summed E-state index contributed by atoms with van der Waals surface area (Å²) in [6, 6.07) is 6.64. The average molecular weight is 443 g/mol. The van der Waals surface area contributed by atoms with Crippen LogP contribution in [0.4, 0.5) is 5.69 Å². The maximum Gasteiger partial charge on any atom is 0.181 e. The Kier molecular flexibility index (Phi) is 4.18. The molecule has 0 bridgehead atoms. The van der Waals surface area contributed by atoms with Crippen LogP contribution in [0.1, 0.15) is 25.8 Å². The molecular weight excluding hydrogens is 420 g/mol. The lowest BCUT2D eigenvalue weighted by molar-refractivity contribution is 0.0215. The average Bonchev–Trinajstić information content (AvgIpc) is 3.22. The van der Waals surface area contributed by atoms with E-state index in [1.165, 1.54) is 17.5 Å². The Morgan fingerprint density at radius 3 is 2.93 bits per heavy atom. The second kappa shape index (κ2) is 6.49. The molecule has 0 fully saturated rings. The van der Waals surface area contributed by atoms with E-state index in [4.69, 9.17) is 13.9 Å². The Labute approximate surface area is 172 Å². The van der Waals surface area contributed by atoms with E-state index in [1.807, 2.05) is 0 Å². The van der Waals surface area contributed by atoms with Crippen molar-refractivity contribution in [3.63, 3.8) is 0 Å². The molecule has 1 aromatic carbocycles. The van der Waals surface area contributed by atoms with Gasteiger partial charge < -0.3 is 19.2 Å². The minimum atomic E-state index is -0.0693. The van der Waals surface area contributed by atoms with E-state index in [0.717, 1.165) is 33.7 Å². The number of ether oxygens (including phenoxy) is 2. The van der Waals surface area contributed by atoms with Crippen LogP contribution in [0.15, 0.2) is 57.1 Å². The summed E-state index contributed by atoms with van der Waals surface area (Å²) in [6.45, 7) is 5.28. The maximum atomic E-state index is 6.28. The fourth-order valence-electron chi connectivity index (χ4n) is 4.74. The molecule has 3 atom stereocenters. The number of fused-ring (bicyclic) bond motifs is 3.